The smallest absolute Gasteiger partial charge is 0.313 e. The number of nitrogens with one attached hydrogen (secondary N) is 3. The largest absolute Gasteiger partial charge is 0.320 e. The van der Waals surface area contributed by atoms with Gasteiger partial charge in [0.25, 0.3) is 10.0 Å². The Hall–Kier alpha value is -1.20. The fourth-order valence-corrected chi connectivity index (χ4v) is 2.68. The van der Waals surface area contributed by atoms with Crippen LogP contribution < -0.4 is 10.0 Å². The summed E-state index contributed by atoms with van der Waals surface area (Å²) in [7, 11) is -4.41. The lowest BCUT2D eigenvalue weighted by molar-refractivity contribution is -0.122. The average molecular weight is 332 g/mol. The van der Waals surface area contributed by atoms with Crippen molar-refractivity contribution in [3.8, 4) is 0 Å². The highest BCUT2D eigenvalue weighted by atomic mass is 32.2. The Morgan fingerprint density at radius 3 is 2.52 bits per heavy atom. The van der Waals surface area contributed by atoms with Gasteiger partial charge in [-0.2, -0.15) is 13.9 Å². The van der Waals surface area contributed by atoms with E-state index in [9.17, 15) is 26.0 Å². The quantitative estimate of drug-likeness (QED) is 0.620. The van der Waals surface area contributed by atoms with E-state index in [-0.39, 0.29) is 12.1 Å². The fourth-order valence-electron chi connectivity index (χ4n) is 1.45. The van der Waals surface area contributed by atoms with E-state index >= 15 is 0 Å². The molecule has 0 amide bonds. The van der Waals surface area contributed by atoms with Gasteiger partial charge in [0, 0.05) is 17.8 Å². The summed E-state index contributed by atoms with van der Waals surface area (Å²) in [4.78, 5) is 0. The van der Waals surface area contributed by atoms with Crippen LogP contribution in [0.25, 0.3) is 0 Å². The Kier molecular flexibility index (Phi) is 5.70. The Morgan fingerprint density at radius 2 is 2.00 bits per heavy atom. The van der Waals surface area contributed by atoms with Crippen molar-refractivity contribution in [2.75, 3.05) is 13.1 Å². The van der Waals surface area contributed by atoms with Gasteiger partial charge in [-0.25, -0.2) is 21.9 Å². The molecule has 0 aliphatic carbocycles. The second-order valence-electron chi connectivity index (χ2n) is 4.30. The number of alkyl halides is 4. The molecule has 0 aromatic carbocycles. The third-order valence-corrected chi connectivity index (χ3v) is 4.03. The van der Waals surface area contributed by atoms with Crippen LogP contribution in [0.5, 0.6) is 0 Å². The molecule has 0 radical (unpaired) electrons. The summed E-state index contributed by atoms with van der Waals surface area (Å²) in [5.41, 5.74) is 0.710. The van der Waals surface area contributed by atoms with E-state index in [0.717, 1.165) is 0 Å². The molecule has 0 bridgehead atoms. The molecule has 0 atom stereocenters. The van der Waals surface area contributed by atoms with Crippen molar-refractivity contribution in [1.82, 2.24) is 20.2 Å². The minimum absolute atomic E-state index is 0.153. The van der Waals surface area contributed by atoms with Gasteiger partial charge in [-0.05, 0) is 13.5 Å². The number of aromatic amines is 1. The van der Waals surface area contributed by atoms with E-state index < -0.39 is 33.9 Å². The minimum Gasteiger partial charge on any atom is -0.313 e. The summed E-state index contributed by atoms with van der Waals surface area (Å²) in [5.74, 6) is -4.44. The van der Waals surface area contributed by atoms with Crippen molar-refractivity contribution in [3.05, 3.63) is 11.3 Å². The number of H-pyrrole nitrogens is 1. The molecule has 1 aromatic heterocycles. The molecule has 1 rings (SSSR count). The lowest BCUT2D eigenvalue weighted by Gasteiger charge is -2.15. The molecule has 0 saturated heterocycles. The van der Waals surface area contributed by atoms with E-state index in [1.807, 2.05) is 0 Å². The van der Waals surface area contributed by atoms with Crippen LogP contribution in [0.15, 0.2) is 5.03 Å². The Balaban J connectivity index is 2.93. The number of aryl methyl sites for hydroxylation is 1. The van der Waals surface area contributed by atoms with Crippen LogP contribution in [0.1, 0.15) is 18.2 Å². The summed E-state index contributed by atoms with van der Waals surface area (Å²) in [5, 5.41) is 8.36. The van der Waals surface area contributed by atoms with Crippen LogP contribution in [0, 0.1) is 6.92 Å². The lowest BCUT2D eigenvalue weighted by atomic mass is 10.2. The zero-order chi connectivity index (χ0) is 16.3. The molecule has 6 nitrogen and oxygen atoms in total. The topological polar surface area (TPSA) is 86.9 Å². The van der Waals surface area contributed by atoms with Crippen LogP contribution in [0.3, 0.4) is 0 Å². The van der Waals surface area contributed by atoms with Gasteiger partial charge in [0.15, 0.2) is 5.03 Å². The summed E-state index contributed by atoms with van der Waals surface area (Å²) < 4.78 is 74.9. The monoisotopic (exact) mass is 332 g/mol. The second-order valence-corrected chi connectivity index (χ2v) is 5.98. The molecule has 0 unspecified atom stereocenters. The average Bonchev–Trinajstić information content (AvgIpc) is 2.76. The Labute approximate surface area is 119 Å². The SMILES string of the molecule is CCNCc1c(S(=O)(=O)NCC(F)(F)C(F)F)n[nH]c1C. The summed E-state index contributed by atoms with van der Waals surface area (Å²) in [6.07, 6.45) is -3.96. The van der Waals surface area contributed by atoms with Gasteiger partial charge < -0.3 is 5.32 Å². The summed E-state index contributed by atoms with van der Waals surface area (Å²) >= 11 is 0. The maximum Gasteiger partial charge on any atom is 0.320 e. The van der Waals surface area contributed by atoms with Crippen LogP contribution in [0.4, 0.5) is 17.6 Å². The third kappa shape index (κ3) is 4.38. The molecule has 11 heteroatoms. The standard InChI is InChI=1S/C10H16F4N4O2S/c1-3-15-4-7-6(2)17-18-8(7)21(19,20)16-5-10(13,14)9(11)12/h9,15-16H,3-5H2,1-2H3,(H,17,18). The maximum absolute atomic E-state index is 12.8. The molecule has 1 heterocycles. The van der Waals surface area contributed by atoms with E-state index in [1.165, 1.54) is 4.72 Å². The highest BCUT2D eigenvalue weighted by Gasteiger charge is 2.42. The van der Waals surface area contributed by atoms with Crippen LogP contribution in [-0.4, -0.2) is 44.1 Å². The van der Waals surface area contributed by atoms with Crippen molar-refractivity contribution in [2.24, 2.45) is 0 Å². The van der Waals surface area contributed by atoms with Crippen molar-refractivity contribution in [3.63, 3.8) is 0 Å². The van der Waals surface area contributed by atoms with E-state index in [4.69, 9.17) is 0 Å². The summed E-state index contributed by atoms with van der Waals surface area (Å²) in [6, 6.07) is 0. The number of sulfonamides is 1. The molecule has 0 aliphatic heterocycles. The molecule has 122 valence electrons. The number of hydrogen-bond donors (Lipinski definition) is 3. The second kappa shape index (κ2) is 6.71. The van der Waals surface area contributed by atoms with Crippen molar-refractivity contribution < 1.29 is 26.0 Å². The molecule has 0 saturated carbocycles. The van der Waals surface area contributed by atoms with Gasteiger partial charge >= 0.3 is 12.3 Å². The van der Waals surface area contributed by atoms with Gasteiger partial charge in [-0.15, -0.1) is 0 Å². The maximum atomic E-state index is 12.8. The number of halogens is 4. The predicted molar refractivity (Wildman–Crippen MR) is 66.8 cm³/mol. The van der Waals surface area contributed by atoms with Gasteiger partial charge in [-0.3, -0.25) is 5.10 Å². The van der Waals surface area contributed by atoms with Gasteiger partial charge in [-0.1, -0.05) is 6.92 Å². The summed E-state index contributed by atoms with van der Waals surface area (Å²) in [6.45, 7) is 2.37. The van der Waals surface area contributed by atoms with E-state index in [0.29, 0.717) is 12.2 Å². The molecule has 0 aliphatic rings. The minimum atomic E-state index is -4.44. The third-order valence-electron chi connectivity index (χ3n) is 2.66. The van der Waals surface area contributed by atoms with Gasteiger partial charge in [0.1, 0.15) is 0 Å². The van der Waals surface area contributed by atoms with Crippen LogP contribution in [-0.2, 0) is 16.6 Å². The van der Waals surface area contributed by atoms with Gasteiger partial charge in [0.2, 0.25) is 0 Å². The molecule has 21 heavy (non-hydrogen) atoms. The van der Waals surface area contributed by atoms with Crippen molar-refractivity contribution in [2.45, 2.75) is 37.8 Å². The first-order valence-electron chi connectivity index (χ1n) is 6.02. The van der Waals surface area contributed by atoms with Crippen molar-refractivity contribution in [1.29, 1.82) is 0 Å². The molecule has 0 spiro atoms. The first-order chi connectivity index (χ1) is 9.62. The molecular formula is C10H16F4N4O2S. The van der Waals surface area contributed by atoms with Gasteiger partial charge in [0.05, 0.1) is 6.54 Å². The predicted octanol–water partition coefficient (Wildman–Crippen LogP) is 1.01. The van der Waals surface area contributed by atoms with Crippen LogP contribution >= 0.6 is 0 Å². The highest BCUT2D eigenvalue weighted by molar-refractivity contribution is 7.89. The zero-order valence-corrected chi connectivity index (χ0v) is 12.2. The number of hydrogen-bond acceptors (Lipinski definition) is 4. The first kappa shape index (κ1) is 17.9. The Bertz CT molecular complexity index is 574. The van der Waals surface area contributed by atoms with E-state index in [1.54, 1.807) is 13.8 Å². The molecule has 3 N–H and O–H groups in total. The molecule has 0 fully saturated rings. The molecule has 1 aromatic rings. The first-order valence-corrected chi connectivity index (χ1v) is 7.50. The normalized spacial score (nSPS) is 13.1. The molecular weight excluding hydrogens is 316 g/mol. The number of rotatable bonds is 8. The number of nitrogens with zero attached hydrogens (tertiary/aromatic N) is 1. The van der Waals surface area contributed by atoms with Crippen LogP contribution in [0.2, 0.25) is 0 Å². The van der Waals surface area contributed by atoms with E-state index in [2.05, 4.69) is 15.5 Å². The highest BCUT2D eigenvalue weighted by Crippen LogP contribution is 2.23. The fraction of sp³-hybridized carbons (Fsp3) is 0.700. The Morgan fingerprint density at radius 1 is 1.38 bits per heavy atom. The zero-order valence-electron chi connectivity index (χ0n) is 11.4. The van der Waals surface area contributed by atoms with Crippen molar-refractivity contribution >= 4 is 10.0 Å². The lowest BCUT2D eigenvalue weighted by Crippen LogP contribution is -2.41. The number of aromatic nitrogens is 2.